The summed E-state index contributed by atoms with van der Waals surface area (Å²) in [4.78, 5) is 4.00. The van der Waals surface area contributed by atoms with Gasteiger partial charge < -0.3 is 9.47 Å². The van der Waals surface area contributed by atoms with Gasteiger partial charge in [-0.3, -0.25) is 0 Å². The summed E-state index contributed by atoms with van der Waals surface area (Å²) in [5.74, 6) is 0. The molecular formula is C15H19N3O2. The van der Waals surface area contributed by atoms with Gasteiger partial charge in [0.25, 0.3) is 0 Å². The highest BCUT2D eigenvalue weighted by molar-refractivity contribution is 5.23. The van der Waals surface area contributed by atoms with Crippen molar-refractivity contribution in [3.63, 3.8) is 0 Å². The maximum absolute atomic E-state index is 6.24. The molecule has 0 aliphatic carbocycles. The first kappa shape index (κ1) is 13.3. The van der Waals surface area contributed by atoms with E-state index in [-0.39, 0.29) is 6.29 Å². The van der Waals surface area contributed by atoms with Crippen LogP contribution in [0.2, 0.25) is 0 Å². The van der Waals surface area contributed by atoms with Crippen molar-refractivity contribution < 1.29 is 9.47 Å². The maximum Gasteiger partial charge on any atom is 0.159 e. The summed E-state index contributed by atoms with van der Waals surface area (Å²) in [6.07, 6.45) is 5.06. The molecule has 0 spiro atoms. The highest BCUT2D eigenvalue weighted by atomic mass is 16.7. The van der Waals surface area contributed by atoms with Crippen LogP contribution in [-0.2, 0) is 21.6 Å². The molecule has 3 rings (SSSR count). The van der Waals surface area contributed by atoms with Gasteiger partial charge in [0.2, 0.25) is 0 Å². The SMILES string of the molecule is CCCC1OCC(Cn2cncn2)(c2ccccc2)O1. The van der Waals surface area contributed by atoms with E-state index in [9.17, 15) is 0 Å². The molecule has 1 aliphatic rings. The summed E-state index contributed by atoms with van der Waals surface area (Å²) < 4.78 is 13.9. The van der Waals surface area contributed by atoms with Gasteiger partial charge in [-0.05, 0) is 12.0 Å². The predicted octanol–water partition coefficient (Wildman–Crippen LogP) is 2.35. The van der Waals surface area contributed by atoms with Crippen molar-refractivity contribution in [1.82, 2.24) is 14.8 Å². The molecule has 1 aromatic carbocycles. The molecule has 2 heterocycles. The first-order valence-electron chi connectivity index (χ1n) is 7.00. The van der Waals surface area contributed by atoms with Crippen LogP contribution in [0.5, 0.6) is 0 Å². The van der Waals surface area contributed by atoms with Gasteiger partial charge in [0.1, 0.15) is 18.3 Å². The molecule has 2 atom stereocenters. The maximum atomic E-state index is 6.24. The van der Waals surface area contributed by atoms with E-state index in [2.05, 4.69) is 29.1 Å². The van der Waals surface area contributed by atoms with Gasteiger partial charge in [-0.2, -0.15) is 5.10 Å². The highest BCUT2D eigenvalue weighted by Crippen LogP contribution is 2.36. The third-order valence-electron chi connectivity index (χ3n) is 3.57. The minimum atomic E-state index is -0.477. The van der Waals surface area contributed by atoms with Crippen molar-refractivity contribution >= 4 is 0 Å². The van der Waals surface area contributed by atoms with E-state index in [1.165, 1.54) is 6.33 Å². The summed E-state index contributed by atoms with van der Waals surface area (Å²) in [7, 11) is 0. The fraction of sp³-hybridized carbons (Fsp3) is 0.467. The van der Waals surface area contributed by atoms with Gasteiger partial charge in [-0.15, -0.1) is 0 Å². The van der Waals surface area contributed by atoms with Crippen LogP contribution in [0, 0.1) is 0 Å². The first-order valence-corrected chi connectivity index (χ1v) is 7.00. The number of hydrogen-bond acceptors (Lipinski definition) is 4. The zero-order chi connectivity index (χ0) is 13.8. The van der Waals surface area contributed by atoms with Gasteiger partial charge in [-0.1, -0.05) is 43.7 Å². The Bertz CT molecular complexity index is 529. The van der Waals surface area contributed by atoms with E-state index in [0.29, 0.717) is 13.2 Å². The number of hydrogen-bond donors (Lipinski definition) is 0. The summed E-state index contributed by atoms with van der Waals surface area (Å²) in [5, 5.41) is 4.19. The summed E-state index contributed by atoms with van der Waals surface area (Å²) in [6, 6.07) is 10.2. The van der Waals surface area contributed by atoms with E-state index in [1.54, 1.807) is 11.0 Å². The predicted molar refractivity (Wildman–Crippen MR) is 73.9 cm³/mol. The Labute approximate surface area is 118 Å². The Balaban J connectivity index is 1.88. The third kappa shape index (κ3) is 2.59. The van der Waals surface area contributed by atoms with Crippen LogP contribution in [0.4, 0.5) is 0 Å². The largest absolute Gasteiger partial charge is 0.349 e. The number of nitrogens with zero attached hydrogens (tertiary/aromatic N) is 3. The summed E-state index contributed by atoms with van der Waals surface area (Å²) >= 11 is 0. The Morgan fingerprint density at radius 1 is 1.35 bits per heavy atom. The molecule has 1 aromatic heterocycles. The lowest BCUT2D eigenvalue weighted by atomic mass is 9.94. The topological polar surface area (TPSA) is 49.2 Å². The lowest BCUT2D eigenvalue weighted by Crippen LogP contribution is -2.35. The van der Waals surface area contributed by atoms with Crippen LogP contribution in [-0.4, -0.2) is 27.7 Å². The second-order valence-corrected chi connectivity index (χ2v) is 5.10. The van der Waals surface area contributed by atoms with Gasteiger partial charge in [0, 0.05) is 0 Å². The minimum Gasteiger partial charge on any atom is -0.349 e. The molecule has 0 N–H and O–H groups in total. The van der Waals surface area contributed by atoms with E-state index in [1.807, 2.05) is 18.2 Å². The smallest absolute Gasteiger partial charge is 0.159 e. The molecule has 106 valence electrons. The van der Waals surface area contributed by atoms with E-state index in [4.69, 9.17) is 9.47 Å². The zero-order valence-electron chi connectivity index (χ0n) is 11.6. The highest BCUT2D eigenvalue weighted by Gasteiger charge is 2.43. The van der Waals surface area contributed by atoms with Crippen LogP contribution in [0.15, 0.2) is 43.0 Å². The van der Waals surface area contributed by atoms with Crippen molar-refractivity contribution in [3.05, 3.63) is 48.5 Å². The minimum absolute atomic E-state index is 0.135. The molecule has 20 heavy (non-hydrogen) atoms. The van der Waals surface area contributed by atoms with Gasteiger partial charge >= 0.3 is 0 Å². The molecule has 0 saturated carbocycles. The zero-order valence-corrected chi connectivity index (χ0v) is 11.6. The standard InChI is InChI=1S/C15H19N3O2/c1-2-6-14-19-10-15(20-14,9-18-12-16-11-17-18)13-7-4-3-5-8-13/h3-5,7-8,11-12,14H,2,6,9-10H2,1H3. The molecule has 1 fully saturated rings. The second kappa shape index (κ2) is 5.73. The van der Waals surface area contributed by atoms with Crippen LogP contribution in [0.3, 0.4) is 0 Å². The van der Waals surface area contributed by atoms with E-state index in [0.717, 1.165) is 18.4 Å². The Hall–Kier alpha value is -1.72. The fourth-order valence-corrected chi connectivity index (χ4v) is 2.57. The molecule has 1 aliphatic heterocycles. The van der Waals surface area contributed by atoms with Crippen LogP contribution >= 0.6 is 0 Å². The normalized spacial score (nSPS) is 25.9. The molecule has 0 radical (unpaired) electrons. The van der Waals surface area contributed by atoms with Crippen LogP contribution < -0.4 is 0 Å². The molecule has 0 amide bonds. The molecule has 2 unspecified atom stereocenters. The van der Waals surface area contributed by atoms with E-state index < -0.39 is 5.60 Å². The third-order valence-corrected chi connectivity index (χ3v) is 3.57. The van der Waals surface area contributed by atoms with Gasteiger partial charge in [0.15, 0.2) is 6.29 Å². The quantitative estimate of drug-likeness (QED) is 0.839. The van der Waals surface area contributed by atoms with Crippen molar-refractivity contribution in [3.8, 4) is 0 Å². The molecule has 0 bridgehead atoms. The van der Waals surface area contributed by atoms with Crippen molar-refractivity contribution in [2.75, 3.05) is 6.61 Å². The summed E-state index contributed by atoms with van der Waals surface area (Å²) in [6.45, 7) is 3.28. The van der Waals surface area contributed by atoms with Crippen molar-refractivity contribution in [1.29, 1.82) is 0 Å². The number of rotatable bonds is 5. The fourth-order valence-electron chi connectivity index (χ4n) is 2.57. The second-order valence-electron chi connectivity index (χ2n) is 5.10. The number of ether oxygens (including phenoxy) is 2. The molecular weight excluding hydrogens is 254 g/mol. The molecule has 2 aromatic rings. The Morgan fingerprint density at radius 3 is 2.90 bits per heavy atom. The van der Waals surface area contributed by atoms with Crippen LogP contribution in [0.25, 0.3) is 0 Å². The van der Waals surface area contributed by atoms with Crippen LogP contribution in [0.1, 0.15) is 25.3 Å². The van der Waals surface area contributed by atoms with Crippen molar-refractivity contribution in [2.45, 2.75) is 38.2 Å². The molecule has 5 heteroatoms. The number of benzene rings is 1. The lowest BCUT2D eigenvalue weighted by molar-refractivity contribution is -0.102. The number of aromatic nitrogens is 3. The van der Waals surface area contributed by atoms with E-state index >= 15 is 0 Å². The van der Waals surface area contributed by atoms with Gasteiger partial charge in [0.05, 0.1) is 13.2 Å². The lowest BCUT2D eigenvalue weighted by Gasteiger charge is -2.27. The Kier molecular flexibility index (Phi) is 3.80. The first-order chi connectivity index (χ1) is 9.82. The molecule has 1 saturated heterocycles. The monoisotopic (exact) mass is 273 g/mol. The van der Waals surface area contributed by atoms with Gasteiger partial charge in [-0.25, -0.2) is 9.67 Å². The Morgan fingerprint density at radius 2 is 2.20 bits per heavy atom. The molecule has 5 nitrogen and oxygen atoms in total. The average molecular weight is 273 g/mol. The van der Waals surface area contributed by atoms with Crippen molar-refractivity contribution in [2.24, 2.45) is 0 Å². The average Bonchev–Trinajstić information content (AvgIpc) is 3.12. The summed E-state index contributed by atoms with van der Waals surface area (Å²) in [5.41, 5.74) is 0.642.